The average Bonchev–Trinajstić information content (AvgIpc) is 2.80. The zero-order chi connectivity index (χ0) is 26.7. The van der Waals surface area contributed by atoms with E-state index in [2.05, 4.69) is 5.32 Å². The van der Waals surface area contributed by atoms with Crippen molar-refractivity contribution >= 4 is 35.5 Å². The summed E-state index contributed by atoms with van der Waals surface area (Å²) in [5.41, 5.74) is 0.321. The zero-order valence-corrected chi connectivity index (χ0v) is 20.3. The van der Waals surface area contributed by atoms with Crippen molar-refractivity contribution in [3.63, 3.8) is 0 Å². The predicted molar refractivity (Wildman–Crippen MR) is 125 cm³/mol. The molecular weight excluding hydrogens is 475 g/mol. The maximum absolute atomic E-state index is 13.5. The molecular formula is C24H25FN4O7. The first-order valence-electron chi connectivity index (χ1n) is 10.7. The fraction of sp³-hybridized carbons (Fsp3) is 0.292. The lowest BCUT2D eigenvalue weighted by Crippen LogP contribution is -2.71. The molecule has 1 heterocycles. The number of anilines is 1. The van der Waals surface area contributed by atoms with E-state index in [0.29, 0.717) is 5.69 Å². The van der Waals surface area contributed by atoms with E-state index in [1.807, 2.05) is 0 Å². The second kappa shape index (κ2) is 10.5. The Hall–Kier alpha value is -4.32. The van der Waals surface area contributed by atoms with Gasteiger partial charge in [-0.1, -0.05) is 0 Å². The third-order valence-electron chi connectivity index (χ3n) is 5.29. The van der Waals surface area contributed by atoms with Crippen LogP contribution in [-0.4, -0.2) is 72.9 Å². The lowest BCUT2D eigenvalue weighted by molar-refractivity contribution is -0.134. The van der Waals surface area contributed by atoms with Crippen LogP contribution >= 0.6 is 0 Å². The number of benzene rings is 2. The van der Waals surface area contributed by atoms with Crippen molar-refractivity contribution in [1.29, 1.82) is 0 Å². The van der Waals surface area contributed by atoms with Gasteiger partial charge in [-0.2, -0.15) is 0 Å². The monoisotopic (exact) mass is 500 g/mol. The molecule has 1 N–H and O–H groups in total. The quantitative estimate of drug-likeness (QED) is 0.470. The fourth-order valence-electron chi connectivity index (χ4n) is 3.73. The molecule has 1 aliphatic heterocycles. The van der Waals surface area contributed by atoms with Crippen LogP contribution in [-0.2, 0) is 14.4 Å². The van der Waals surface area contributed by atoms with Crippen LogP contribution in [0.25, 0.3) is 0 Å². The summed E-state index contributed by atoms with van der Waals surface area (Å²) in [6.45, 7) is 2.31. The lowest BCUT2D eigenvalue weighted by Gasteiger charge is -2.46. The number of carbonyl (C=O) groups excluding carboxylic acids is 5. The Bertz CT molecular complexity index is 1220. The number of nitrogens with zero attached hydrogens (tertiary/aromatic N) is 3. The number of nitrogens with one attached hydrogen (secondary N) is 1. The van der Waals surface area contributed by atoms with Gasteiger partial charge < -0.3 is 14.8 Å². The van der Waals surface area contributed by atoms with Crippen LogP contribution in [0.2, 0.25) is 0 Å². The van der Waals surface area contributed by atoms with Gasteiger partial charge in [-0.05, 0) is 56.6 Å². The van der Waals surface area contributed by atoms with Gasteiger partial charge in [0.2, 0.25) is 0 Å². The Labute approximate surface area is 206 Å². The molecule has 1 fully saturated rings. The highest BCUT2D eigenvalue weighted by Gasteiger charge is 2.47. The Morgan fingerprint density at radius 2 is 1.53 bits per heavy atom. The molecule has 190 valence electrons. The third kappa shape index (κ3) is 5.49. The molecule has 2 aromatic carbocycles. The first-order chi connectivity index (χ1) is 16.9. The molecule has 1 aliphatic rings. The average molecular weight is 500 g/mol. The predicted octanol–water partition coefficient (Wildman–Crippen LogP) is 1.76. The molecule has 1 saturated heterocycles. The SMILES string of the molecule is CC(=O)Oc1ccc(C(=O)NC2C(=O)N(C)C(=O)N(c3ccc(F)cc3)C2N(C)C)cc1OC(C)=O. The number of amides is 4. The van der Waals surface area contributed by atoms with Crippen LogP contribution in [0.1, 0.15) is 24.2 Å². The van der Waals surface area contributed by atoms with E-state index in [1.54, 1.807) is 19.0 Å². The van der Waals surface area contributed by atoms with Gasteiger partial charge in [-0.15, -0.1) is 0 Å². The van der Waals surface area contributed by atoms with Crippen LogP contribution in [0.3, 0.4) is 0 Å². The van der Waals surface area contributed by atoms with Crippen LogP contribution in [0.4, 0.5) is 14.9 Å². The topological polar surface area (TPSA) is 126 Å². The van der Waals surface area contributed by atoms with Gasteiger partial charge in [-0.25, -0.2) is 9.18 Å². The highest BCUT2D eigenvalue weighted by molar-refractivity contribution is 6.10. The molecule has 2 aromatic rings. The minimum Gasteiger partial charge on any atom is -0.423 e. The summed E-state index contributed by atoms with van der Waals surface area (Å²) in [5, 5.41) is 2.63. The van der Waals surface area contributed by atoms with E-state index < -0.39 is 47.8 Å². The Kier molecular flexibility index (Phi) is 7.68. The third-order valence-corrected chi connectivity index (χ3v) is 5.29. The molecule has 11 nitrogen and oxygen atoms in total. The van der Waals surface area contributed by atoms with Crippen molar-refractivity contribution in [3.8, 4) is 11.5 Å². The number of ether oxygens (including phenoxy) is 2. The van der Waals surface area contributed by atoms with Gasteiger partial charge in [0.15, 0.2) is 11.5 Å². The molecule has 0 aromatic heterocycles. The smallest absolute Gasteiger partial charge is 0.332 e. The molecule has 4 amide bonds. The highest BCUT2D eigenvalue weighted by atomic mass is 19.1. The van der Waals surface area contributed by atoms with Gasteiger partial charge >= 0.3 is 18.0 Å². The summed E-state index contributed by atoms with van der Waals surface area (Å²) in [6, 6.07) is 7.08. The fourth-order valence-corrected chi connectivity index (χ4v) is 3.73. The summed E-state index contributed by atoms with van der Waals surface area (Å²) < 4.78 is 23.6. The maximum Gasteiger partial charge on any atom is 0.332 e. The largest absolute Gasteiger partial charge is 0.423 e. The van der Waals surface area contributed by atoms with Crippen LogP contribution < -0.4 is 19.7 Å². The van der Waals surface area contributed by atoms with Crippen molar-refractivity contribution in [2.45, 2.75) is 26.1 Å². The summed E-state index contributed by atoms with van der Waals surface area (Å²) in [5.74, 6) is -3.47. The van der Waals surface area contributed by atoms with Crippen LogP contribution in [0, 0.1) is 5.82 Å². The molecule has 12 heteroatoms. The van der Waals surface area contributed by atoms with Crippen molar-refractivity contribution in [2.75, 3.05) is 26.0 Å². The Morgan fingerprint density at radius 1 is 0.944 bits per heavy atom. The van der Waals surface area contributed by atoms with E-state index in [0.717, 1.165) is 11.8 Å². The van der Waals surface area contributed by atoms with Gasteiger partial charge in [0.05, 0.1) is 0 Å². The van der Waals surface area contributed by atoms with E-state index in [-0.39, 0.29) is 17.1 Å². The highest BCUT2D eigenvalue weighted by Crippen LogP contribution is 2.30. The molecule has 2 atom stereocenters. The van der Waals surface area contributed by atoms with Crippen molar-refractivity contribution in [2.24, 2.45) is 0 Å². The zero-order valence-electron chi connectivity index (χ0n) is 20.3. The molecule has 0 spiro atoms. The lowest BCUT2D eigenvalue weighted by atomic mass is 10.1. The molecule has 2 unspecified atom stereocenters. The summed E-state index contributed by atoms with van der Waals surface area (Å²) >= 11 is 0. The van der Waals surface area contributed by atoms with Crippen LogP contribution in [0.15, 0.2) is 42.5 Å². The standard InChI is InChI=1S/C24H25FN4O7/c1-13(30)35-18-11-6-15(12-19(18)36-14(2)31)21(32)26-20-22(27(3)4)29(24(34)28(5)23(20)33)17-9-7-16(25)8-10-17/h6-12,20,22H,1-5H3,(H,26,32). The second-order valence-corrected chi connectivity index (χ2v) is 8.20. The maximum atomic E-state index is 13.5. The summed E-state index contributed by atoms with van der Waals surface area (Å²) in [7, 11) is 4.52. The van der Waals surface area contributed by atoms with Gasteiger partial charge in [-0.3, -0.25) is 33.9 Å². The van der Waals surface area contributed by atoms with E-state index >= 15 is 0 Å². The van der Waals surface area contributed by atoms with E-state index in [4.69, 9.17) is 9.47 Å². The van der Waals surface area contributed by atoms with Gasteiger partial charge in [0.1, 0.15) is 18.0 Å². The number of urea groups is 1. The van der Waals surface area contributed by atoms with Crippen LogP contribution in [0.5, 0.6) is 11.5 Å². The molecule has 0 aliphatic carbocycles. The normalized spacial score (nSPS) is 17.8. The second-order valence-electron chi connectivity index (χ2n) is 8.20. The number of likely N-dealkylation sites (N-methyl/N-ethyl adjacent to an activating group) is 2. The molecule has 3 rings (SSSR count). The molecule has 36 heavy (non-hydrogen) atoms. The number of esters is 2. The summed E-state index contributed by atoms with van der Waals surface area (Å²) in [4.78, 5) is 65.8. The molecule has 0 radical (unpaired) electrons. The molecule has 0 bridgehead atoms. The minimum atomic E-state index is -1.22. The number of hydrogen-bond acceptors (Lipinski definition) is 8. The van der Waals surface area contributed by atoms with Gasteiger partial charge in [0.25, 0.3) is 11.8 Å². The van der Waals surface area contributed by atoms with Crippen molar-refractivity contribution in [1.82, 2.24) is 15.1 Å². The number of halogens is 1. The Balaban J connectivity index is 1.97. The van der Waals surface area contributed by atoms with Gasteiger partial charge in [0, 0.05) is 32.1 Å². The number of rotatable bonds is 6. The first-order valence-corrected chi connectivity index (χ1v) is 10.7. The van der Waals surface area contributed by atoms with Crippen molar-refractivity contribution in [3.05, 3.63) is 53.8 Å². The summed E-state index contributed by atoms with van der Waals surface area (Å²) in [6.07, 6.45) is -0.955. The number of hydrogen-bond donors (Lipinski definition) is 1. The number of carbonyl (C=O) groups is 5. The van der Waals surface area contributed by atoms with E-state index in [9.17, 15) is 28.4 Å². The van der Waals surface area contributed by atoms with Crippen molar-refractivity contribution < 1.29 is 37.8 Å². The minimum absolute atomic E-state index is 0.000318. The molecule has 0 saturated carbocycles. The first kappa shape index (κ1) is 26.3. The number of imide groups is 1. The Morgan fingerprint density at radius 3 is 2.08 bits per heavy atom. The van der Waals surface area contributed by atoms with E-state index in [1.165, 1.54) is 61.3 Å².